The van der Waals surface area contributed by atoms with Crippen molar-refractivity contribution >= 4 is 53.1 Å². The maximum Gasteiger partial charge on any atom is 0.191 e. The Balaban J connectivity index is 0.00000312. The fourth-order valence-electron chi connectivity index (χ4n) is 2.07. The first kappa shape index (κ1) is 21.7. The van der Waals surface area contributed by atoms with Crippen molar-refractivity contribution in [3.05, 3.63) is 57.6 Å². The Hall–Kier alpha value is -1.38. The van der Waals surface area contributed by atoms with E-state index in [0.717, 1.165) is 5.56 Å². The van der Waals surface area contributed by atoms with E-state index in [9.17, 15) is 5.11 Å². The molecule has 0 saturated heterocycles. The molecule has 2 rings (SSSR count). The molecule has 25 heavy (non-hydrogen) atoms. The Morgan fingerprint density at radius 2 is 1.76 bits per heavy atom. The molecule has 3 N–H and O–H groups in total. The number of benzene rings is 2. The van der Waals surface area contributed by atoms with Crippen LogP contribution in [-0.2, 0) is 13.1 Å². The summed E-state index contributed by atoms with van der Waals surface area (Å²) >= 11 is 12.0. The number of methoxy groups -OCH3 is 1. The number of hydrogen-bond donors (Lipinski definition) is 3. The van der Waals surface area contributed by atoms with Gasteiger partial charge in [0.25, 0.3) is 0 Å². The van der Waals surface area contributed by atoms with Gasteiger partial charge in [0.05, 0.1) is 7.11 Å². The summed E-state index contributed by atoms with van der Waals surface area (Å²) in [5.41, 5.74) is 1.62. The third-order valence-corrected chi connectivity index (χ3v) is 4.00. The Morgan fingerprint density at radius 1 is 1.08 bits per heavy atom. The fraction of sp³-hybridized carbons (Fsp3) is 0.235. The number of hydrogen-bond acceptors (Lipinski definition) is 3. The molecule has 0 radical (unpaired) electrons. The molecule has 8 heteroatoms. The van der Waals surface area contributed by atoms with E-state index in [2.05, 4.69) is 15.6 Å². The lowest BCUT2D eigenvalue weighted by molar-refractivity contribution is 0.410. The summed E-state index contributed by atoms with van der Waals surface area (Å²) < 4.78 is 5.16. The van der Waals surface area contributed by atoms with Gasteiger partial charge in [-0.05, 0) is 35.9 Å². The van der Waals surface area contributed by atoms with Crippen molar-refractivity contribution in [2.45, 2.75) is 13.1 Å². The highest BCUT2D eigenvalue weighted by Crippen LogP contribution is 2.23. The van der Waals surface area contributed by atoms with Gasteiger partial charge in [0.1, 0.15) is 11.5 Å². The number of aromatic hydroxyl groups is 1. The second kappa shape index (κ2) is 10.6. The highest BCUT2D eigenvalue weighted by atomic mass is 127. The lowest BCUT2D eigenvalue weighted by atomic mass is 10.2. The molecule has 0 atom stereocenters. The van der Waals surface area contributed by atoms with E-state index in [1.54, 1.807) is 44.5 Å². The Kier molecular flexibility index (Phi) is 9.16. The molecule has 0 aliphatic heterocycles. The maximum absolute atomic E-state index is 9.90. The highest BCUT2D eigenvalue weighted by Gasteiger charge is 2.06. The minimum Gasteiger partial charge on any atom is -0.508 e. The lowest BCUT2D eigenvalue weighted by Gasteiger charge is -2.14. The van der Waals surface area contributed by atoms with Gasteiger partial charge < -0.3 is 20.5 Å². The standard InChI is InChI=1S/C17H19Cl2N3O2.HI/c1-20-17(21-9-11-3-4-13(18)8-15(11)19)22-10-12-7-14(24-2)5-6-16(12)23;/h3-8,23H,9-10H2,1-2H3,(H2,20,21,22);1H. The van der Waals surface area contributed by atoms with Crippen molar-refractivity contribution < 1.29 is 9.84 Å². The van der Waals surface area contributed by atoms with Crippen LogP contribution in [0.4, 0.5) is 0 Å². The number of nitrogens with one attached hydrogen (secondary N) is 2. The van der Waals surface area contributed by atoms with E-state index in [-0.39, 0.29) is 29.7 Å². The van der Waals surface area contributed by atoms with Gasteiger partial charge in [-0.3, -0.25) is 4.99 Å². The third-order valence-electron chi connectivity index (χ3n) is 3.42. The summed E-state index contributed by atoms with van der Waals surface area (Å²) in [4.78, 5) is 4.15. The summed E-state index contributed by atoms with van der Waals surface area (Å²) in [5, 5.41) is 17.4. The zero-order valence-corrected chi connectivity index (χ0v) is 17.7. The van der Waals surface area contributed by atoms with Gasteiger partial charge in [-0.25, -0.2) is 0 Å². The molecule has 2 aromatic carbocycles. The van der Waals surface area contributed by atoms with E-state index in [0.29, 0.717) is 40.4 Å². The van der Waals surface area contributed by atoms with Gasteiger partial charge in [-0.1, -0.05) is 29.3 Å². The highest BCUT2D eigenvalue weighted by molar-refractivity contribution is 14.0. The van der Waals surface area contributed by atoms with Gasteiger partial charge in [0, 0.05) is 35.7 Å². The number of guanidine groups is 1. The zero-order chi connectivity index (χ0) is 17.5. The van der Waals surface area contributed by atoms with Crippen LogP contribution in [0.2, 0.25) is 10.0 Å². The molecule has 0 amide bonds. The van der Waals surface area contributed by atoms with Crippen LogP contribution in [0.5, 0.6) is 11.5 Å². The van der Waals surface area contributed by atoms with Gasteiger partial charge in [-0.15, -0.1) is 24.0 Å². The minimum absolute atomic E-state index is 0. The number of halogens is 3. The molecule has 2 aromatic rings. The number of phenolic OH excluding ortho intramolecular Hbond substituents is 1. The third kappa shape index (κ3) is 6.45. The number of phenols is 1. The molecule has 0 saturated carbocycles. The van der Waals surface area contributed by atoms with Crippen LogP contribution in [0.1, 0.15) is 11.1 Å². The fourth-order valence-corrected chi connectivity index (χ4v) is 2.55. The molecule has 0 heterocycles. The molecule has 5 nitrogen and oxygen atoms in total. The zero-order valence-electron chi connectivity index (χ0n) is 13.8. The van der Waals surface area contributed by atoms with Crippen molar-refractivity contribution in [3.8, 4) is 11.5 Å². The lowest BCUT2D eigenvalue weighted by Crippen LogP contribution is -2.36. The van der Waals surface area contributed by atoms with E-state index in [1.165, 1.54) is 0 Å². The van der Waals surface area contributed by atoms with Crippen LogP contribution in [0.3, 0.4) is 0 Å². The predicted molar refractivity (Wildman–Crippen MR) is 114 cm³/mol. The van der Waals surface area contributed by atoms with Crippen LogP contribution in [0, 0.1) is 0 Å². The first-order valence-corrected chi connectivity index (χ1v) is 8.03. The largest absolute Gasteiger partial charge is 0.508 e. The number of nitrogens with zero attached hydrogens (tertiary/aromatic N) is 1. The van der Waals surface area contributed by atoms with Crippen LogP contribution >= 0.6 is 47.2 Å². The molecule has 0 aromatic heterocycles. The van der Waals surface area contributed by atoms with Crippen molar-refractivity contribution in [3.63, 3.8) is 0 Å². The van der Waals surface area contributed by atoms with E-state index in [1.807, 2.05) is 6.07 Å². The van der Waals surface area contributed by atoms with E-state index >= 15 is 0 Å². The summed E-state index contributed by atoms with van der Waals surface area (Å²) in [6, 6.07) is 10.4. The van der Waals surface area contributed by atoms with Crippen LogP contribution in [-0.4, -0.2) is 25.2 Å². The second-order valence-electron chi connectivity index (χ2n) is 5.01. The Labute approximate surface area is 174 Å². The average molecular weight is 496 g/mol. The number of ether oxygens (including phenoxy) is 1. The van der Waals surface area contributed by atoms with Crippen molar-refractivity contribution in [1.29, 1.82) is 0 Å². The molecule has 0 aliphatic rings. The molecule has 136 valence electrons. The summed E-state index contributed by atoms with van der Waals surface area (Å²) in [5.74, 6) is 1.46. The number of rotatable bonds is 5. The molecule has 0 bridgehead atoms. The van der Waals surface area contributed by atoms with Gasteiger partial charge in [0.15, 0.2) is 5.96 Å². The molecule has 0 spiro atoms. The Bertz CT molecular complexity index is 742. The molecular weight excluding hydrogens is 476 g/mol. The van der Waals surface area contributed by atoms with Gasteiger partial charge >= 0.3 is 0 Å². The monoisotopic (exact) mass is 495 g/mol. The average Bonchev–Trinajstić information content (AvgIpc) is 2.57. The second-order valence-corrected chi connectivity index (χ2v) is 5.85. The van der Waals surface area contributed by atoms with Crippen LogP contribution in [0.15, 0.2) is 41.4 Å². The first-order chi connectivity index (χ1) is 11.5. The molecule has 0 aliphatic carbocycles. The van der Waals surface area contributed by atoms with Crippen molar-refractivity contribution in [2.24, 2.45) is 4.99 Å². The molecule has 0 unspecified atom stereocenters. The summed E-state index contributed by atoms with van der Waals surface area (Å²) in [7, 11) is 3.25. The predicted octanol–water partition coefficient (Wildman–Crippen LogP) is 4.19. The van der Waals surface area contributed by atoms with Crippen LogP contribution in [0.25, 0.3) is 0 Å². The van der Waals surface area contributed by atoms with Crippen LogP contribution < -0.4 is 15.4 Å². The smallest absolute Gasteiger partial charge is 0.191 e. The SMILES string of the molecule is CN=C(NCc1cc(OC)ccc1O)NCc1ccc(Cl)cc1Cl.I. The summed E-state index contributed by atoms with van der Waals surface area (Å²) in [6.45, 7) is 0.900. The van der Waals surface area contributed by atoms with Crippen molar-refractivity contribution in [2.75, 3.05) is 14.2 Å². The van der Waals surface area contributed by atoms with Gasteiger partial charge in [-0.2, -0.15) is 0 Å². The van der Waals surface area contributed by atoms with Gasteiger partial charge in [0.2, 0.25) is 0 Å². The topological polar surface area (TPSA) is 65.9 Å². The van der Waals surface area contributed by atoms with Crippen molar-refractivity contribution in [1.82, 2.24) is 10.6 Å². The first-order valence-electron chi connectivity index (χ1n) is 7.28. The maximum atomic E-state index is 9.90. The van der Waals surface area contributed by atoms with E-state index < -0.39 is 0 Å². The minimum atomic E-state index is 0. The van der Waals surface area contributed by atoms with E-state index in [4.69, 9.17) is 27.9 Å². The molecular formula is C17H20Cl2IN3O2. The summed E-state index contributed by atoms with van der Waals surface area (Å²) in [6.07, 6.45) is 0. The molecule has 0 fully saturated rings. The Morgan fingerprint density at radius 3 is 2.36 bits per heavy atom. The number of aliphatic imine (C=N–C) groups is 1. The normalized spacial score (nSPS) is 10.8. The quantitative estimate of drug-likeness (QED) is 0.330.